The number of sulfone groups is 1. The van der Waals surface area contributed by atoms with E-state index >= 15 is 0 Å². The highest BCUT2D eigenvalue weighted by molar-refractivity contribution is 7.90. The Morgan fingerprint density at radius 3 is 2.62 bits per heavy atom. The molecular formula is C14H16N2O3S2. The van der Waals surface area contributed by atoms with Crippen LogP contribution in [0.3, 0.4) is 0 Å². The lowest BCUT2D eigenvalue weighted by molar-refractivity contribution is 0.100. The van der Waals surface area contributed by atoms with Gasteiger partial charge in [0.15, 0.2) is 9.84 Å². The van der Waals surface area contributed by atoms with Crippen LogP contribution in [-0.2, 0) is 16.4 Å². The topological polar surface area (TPSA) is 89.3 Å². The van der Waals surface area contributed by atoms with Crippen molar-refractivity contribution in [3.63, 3.8) is 0 Å². The molecule has 0 aliphatic rings. The van der Waals surface area contributed by atoms with E-state index in [9.17, 15) is 13.2 Å². The van der Waals surface area contributed by atoms with Crippen LogP contribution in [0.5, 0.6) is 0 Å². The summed E-state index contributed by atoms with van der Waals surface area (Å²) < 4.78 is 23.1. The fourth-order valence-electron chi connectivity index (χ4n) is 1.81. The van der Waals surface area contributed by atoms with E-state index in [2.05, 4.69) is 5.32 Å². The number of aryl methyl sites for hydroxylation is 1. The van der Waals surface area contributed by atoms with Crippen LogP contribution in [0.25, 0.3) is 0 Å². The molecule has 1 heterocycles. The second-order valence-corrected chi connectivity index (χ2v) is 7.78. The number of rotatable bonds is 5. The minimum atomic E-state index is -3.23. The Balaban J connectivity index is 2.17. The molecule has 7 heteroatoms. The molecule has 0 saturated carbocycles. The zero-order valence-electron chi connectivity index (χ0n) is 11.7. The summed E-state index contributed by atoms with van der Waals surface area (Å²) in [4.78, 5) is 12.3. The van der Waals surface area contributed by atoms with Crippen molar-refractivity contribution in [2.45, 2.75) is 18.4 Å². The normalized spacial score (nSPS) is 11.3. The van der Waals surface area contributed by atoms with Crippen molar-refractivity contribution in [1.82, 2.24) is 0 Å². The van der Waals surface area contributed by atoms with E-state index in [0.717, 1.165) is 16.1 Å². The van der Waals surface area contributed by atoms with Crippen LogP contribution in [0.2, 0.25) is 0 Å². The fraction of sp³-hybridized carbons (Fsp3) is 0.214. The Hall–Kier alpha value is -1.86. The number of hydrogen-bond donors (Lipinski definition) is 2. The number of benzene rings is 1. The molecule has 1 aromatic heterocycles. The van der Waals surface area contributed by atoms with Gasteiger partial charge in [-0.25, -0.2) is 8.42 Å². The summed E-state index contributed by atoms with van der Waals surface area (Å²) in [7, 11) is -3.23. The zero-order chi connectivity index (χ0) is 15.6. The molecule has 0 aliphatic heterocycles. The van der Waals surface area contributed by atoms with Crippen LogP contribution in [0.4, 0.5) is 5.69 Å². The SMILES string of the molecule is Cc1ccc(S(C)(=O)=O)cc1NCc1cc(C(N)=O)cs1. The third-order valence-corrected chi connectivity index (χ3v) is 5.08. The number of carbonyl (C=O) groups excluding carboxylic acids is 1. The summed E-state index contributed by atoms with van der Waals surface area (Å²) in [5.41, 5.74) is 7.40. The van der Waals surface area contributed by atoms with Gasteiger partial charge < -0.3 is 11.1 Å². The summed E-state index contributed by atoms with van der Waals surface area (Å²) in [5, 5.41) is 4.90. The van der Waals surface area contributed by atoms with Crippen LogP contribution in [0, 0.1) is 6.92 Å². The maximum Gasteiger partial charge on any atom is 0.249 e. The van der Waals surface area contributed by atoms with Crippen molar-refractivity contribution in [2.24, 2.45) is 5.73 Å². The molecule has 0 unspecified atom stereocenters. The Morgan fingerprint density at radius 1 is 1.33 bits per heavy atom. The number of anilines is 1. The van der Waals surface area contributed by atoms with E-state index in [1.807, 2.05) is 6.92 Å². The molecule has 1 aromatic carbocycles. The highest BCUT2D eigenvalue weighted by Crippen LogP contribution is 2.22. The van der Waals surface area contributed by atoms with Gasteiger partial charge in [-0.1, -0.05) is 6.07 Å². The smallest absolute Gasteiger partial charge is 0.249 e. The maximum absolute atomic E-state index is 11.6. The molecule has 3 N–H and O–H groups in total. The van der Waals surface area contributed by atoms with Crippen molar-refractivity contribution in [1.29, 1.82) is 0 Å². The molecule has 2 rings (SSSR count). The lowest BCUT2D eigenvalue weighted by Crippen LogP contribution is -2.09. The first-order valence-electron chi connectivity index (χ1n) is 6.19. The zero-order valence-corrected chi connectivity index (χ0v) is 13.3. The molecule has 5 nitrogen and oxygen atoms in total. The van der Waals surface area contributed by atoms with E-state index in [4.69, 9.17) is 5.73 Å². The molecule has 0 saturated heterocycles. The largest absolute Gasteiger partial charge is 0.380 e. The number of amides is 1. The lowest BCUT2D eigenvalue weighted by atomic mass is 10.2. The van der Waals surface area contributed by atoms with Gasteiger partial charge in [-0.2, -0.15) is 0 Å². The first kappa shape index (κ1) is 15.5. The molecule has 21 heavy (non-hydrogen) atoms. The quantitative estimate of drug-likeness (QED) is 0.882. The van der Waals surface area contributed by atoms with Crippen molar-refractivity contribution in [2.75, 3.05) is 11.6 Å². The Labute approximate surface area is 127 Å². The van der Waals surface area contributed by atoms with Gasteiger partial charge in [-0.3, -0.25) is 4.79 Å². The average molecular weight is 324 g/mol. The number of primary amides is 1. The Morgan fingerprint density at radius 2 is 2.05 bits per heavy atom. The van der Waals surface area contributed by atoms with Crippen LogP contribution in [-0.4, -0.2) is 20.6 Å². The first-order valence-corrected chi connectivity index (χ1v) is 8.96. The number of thiophene rings is 1. The minimum Gasteiger partial charge on any atom is -0.380 e. The maximum atomic E-state index is 11.6. The van der Waals surface area contributed by atoms with Crippen molar-refractivity contribution in [3.05, 3.63) is 45.6 Å². The Bertz CT molecular complexity index is 779. The van der Waals surface area contributed by atoms with Gasteiger partial charge in [0.05, 0.1) is 10.5 Å². The van der Waals surface area contributed by atoms with Gasteiger partial charge in [0.1, 0.15) is 0 Å². The van der Waals surface area contributed by atoms with Gasteiger partial charge >= 0.3 is 0 Å². The molecule has 0 aliphatic carbocycles. The van der Waals surface area contributed by atoms with Crippen LogP contribution >= 0.6 is 11.3 Å². The van der Waals surface area contributed by atoms with E-state index in [-0.39, 0.29) is 4.90 Å². The van der Waals surface area contributed by atoms with Crippen LogP contribution < -0.4 is 11.1 Å². The molecule has 0 radical (unpaired) electrons. The predicted octanol–water partition coefficient (Wildman–Crippen LogP) is 2.17. The van der Waals surface area contributed by atoms with Crippen molar-refractivity contribution in [3.8, 4) is 0 Å². The van der Waals surface area contributed by atoms with Gasteiger partial charge in [-0.05, 0) is 30.7 Å². The van der Waals surface area contributed by atoms with E-state index in [1.54, 1.807) is 29.6 Å². The van der Waals surface area contributed by atoms with Gasteiger partial charge in [-0.15, -0.1) is 11.3 Å². The van der Waals surface area contributed by atoms with E-state index < -0.39 is 15.7 Å². The molecule has 0 atom stereocenters. The summed E-state index contributed by atoms with van der Waals surface area (Å²) >= 11 is 1.43. The van der Waals surface area contributed by atoms with Gasteiger partial charge in [0.2, 0.25) is 5.91 Å². The standard InChI is InChI=1S/C14H16N2O3S2/c1-9-3-4-12(21(2,18)19)6-13(9)16-7-11-5-10(8-20-11)14(15)17/h3-6,8,16H,7H2,1-2H3,(H2,15,17). The van der Waals surface area contributed by atoms with E-state index in [1.165, 1.54) is 17.6 Å². The molecule has 112 valence electrons. The Kier molecular flexibility index (Phi) is 4.34. The first-order chi connectivity index (χ1) is 9.77. The number of hydrogen-bond acceptors (Lipinski definition) is 5. The number of nitrogens with one attached hydrogen (secondary N) is 1. The second kappa shape index (κ2) is 5.87. The summed E-state index contributed by atoms with van der Waals surface area (Å²) in [6.45, 7) is 2.41. The van der Waals surface area contributed by atoms with Gasteiger partial charge in [0, 0.05) is 28.7 Å². The molecule has 2 aromatic rings. The fourth-order valence-corrected chi connectivity index (χ4v) is 3.27. The van der Waals surface area contributed by atoms with Crippen LogP contribution in [0.15, 0.2) is 34.5 Å². The third kappa shape index (κ3) is 3.83. The molecule has 1 amide bonds. The molecule has 0 spiro atoms. The highest BCUT2D eigenvalue weighted by Gasteiger charge is 2.10. The number of nitrogens with two attached hydrogens (primary N) is 1. The lowest BCUT2D eigenvalue weighted by Gasteiger charge is -2.10. The summed E-state index contributed by atoms with van der Waals surface area (Å²) in [6.07, 6.45) is 1.18. The summed E-state index contributed by atoms with van der Waals surface area (Å²) in [6, 6.07) is 6.71. The molecule has 0 bridgehead atoms. The highest BCUT2D eigenvalue weighted by atomic mass is 32.2. The molecule has 0 fully saturated rings. The molecular weight excluding hydrogens is 308 g/mol. The van der Waals surface area contributed by atoms with Crippen molar-refractivity contribution < 1.29 is 13.2 Å². The minimum absolute atomic E-state index is 0.277. The van der Waals surface area contributed by atoms with Crippen LogP contribution in [0.1, 0.15) is 20.8 Å². The second-order valence-electron chi connectivity index (χ2n) is 4.77. The summed E-state index contributed by atoms with van der Waals surface area (Å²) in [5.74, 6) is -0.451. The van der Waals surface area contributed by atoms with Crippen molar-refractivity contribution >= 4 is 32.8 Å². The monoisotopic (exact) mass is 324 g/mol. The van der Waals surface area contributed by atoms with Gasteiger partial charge in [0.25, 0.3) is 0 Å². The third-order valence-electron chi connectivity index (χ3n) is 3.03. The predicted molar refractivity (Wildman–Crippen MR) is 84.5 cm³/mol. The number of carbonyl (C=O) groups is 1. The average Bonchev–Trinajstić information content (AvgIpc) is 2.85. The van der Waals surface area contributed by atoms with E-state index in [0.29, 0.717) is 12.1 Å².